The van der Waals surface area contributed by atoms with Gasteiger partial charge in [-0.2, -0.15) is 0 Å². The molecule has 1 aromatic heterocycles. The highest BCUT2D eigenvalue weighted by molar-refractivity contribution is 5.66. The Morgan fingerprint density at radius 2 is 2.06 bits per heavy atom. The van der Waals surface area contributed by atoms with E-state index >= 15 is 0 Å². The van der Waals surface area contributed by atoms with Gasteiger partial charge in [0.25, 0.3) is 0 Å². The molecule has 0 saturated heterocycles. The summed E-state index contributed by atoms with van der Waals surface area (Å²) in [6.07, 6.45) is 1.11. The number of carboxylic acids is 1. The highest BCUT2D eigenvalue weighted by Gasteiger charge is 2.21. The summed E-state index contributed by atoms with van der Waals surface area (Å²) in [5.74, 6) is 0.152. The quantitative estimate of drug-likeness (QED) is 0.799. The van der Waals surface area contributed by atoms with Gasteiger partial charge in [0.2, 0.25) is 11.8 Å². The molecule has 18 heavy (non-hydrogen) atoms. The molecule has 0 radical (unpaired) electrons. The van der Waals surface area contributed by atoms with Crippen LogP contribution in [-0.2, 0) is 22.4 Å². The fourth-order valence-corrected chi connectivity index (χ4v) is 1.55. The summed E-state index contributed by atoms with van der Waals surface area (Å²) in [5.41, 5.74) is -0.351. The van der Waals surface area contributed by atoms with Crippen molar-refractivity contribution >= 4 is 5.97 Å². The first kappa shape index (κ1) is 14.6. The van der Waals surface area contributed by atoms with Crippen molar-refractivity contribution in [2.75, 3.05) is 7.11 Å². The Hall–Kier alpha value is -1.43. The van der Waals surface area contributed by atoms with E-state index in [0.717, 1.165) is 0 Å². The van der Waals surface area contributed by atoms with E-state index in [4.69, 9.17) is 14.3 Å². The Balaban J connectivity index is 2.55. The fourth-order valence-electron chi connectivity index (χ4n) is 1.55. The molecular formula is C12H20N2O4. The van der Waals surface area contributed by atoms with Gasteiger partial charge in [-0.1, -0.05) is 6.92 Å². The van der Waals surface area contributed by atoms with Gasteiger partial charge >= 0.3 is 5.97 Å². The van der Waals surface area contributed by atoms with Gasteiger partial charge in [0.1, 0.15) is 0 Å². The van der Waals surface area contributed by atoms with Crippen LogP contribution in [0.4, 0.5) is 0 Å². The normalized spacial score (nSPS) is 13.6. The summed E-state index contributed by atoms with van der Waals surface area (Å²) in [7, 11) is 1.63. The number of ether oxygens (including phenoxy) is 1. The minimum absolute atomic E-state index is 0.0220. The van der Waals surface area contributed by atoms with E-state index in [1.807, 2.05) is 20.8 Å². The summed E-state index contributed by atoms with van der Waals surface area (Å²) in [6, 6.07) is 0. The third-order valence-corrected chi connectivity index (χ3v) is 2.68. The Morgan fingerprint density at radius 1 is 1.44 bits per heavy atom. The fraction of sp³-hybridized carbons (Fsp3) is 0.750. The van der Waals surface area contributed by atoms with Gasteiger partial charge in [0.05, 0.1) is 12.0 Å². The molecule has 0 bridgehead atoms. The minimum atomic E-state index is -0.817. The number of methoxy groups -OCH3 is 1. The molecule has 1 heterocycles. The maximum absolute atomic E-state index is 10.5. The molecule has 0 fully saturated rings. The van der Waals surface area contributed by atoms with Gasteiger partial charge in [0.15, 0.2) is 0 Å². The number of rotatable bonds is 7. The zero-order valence-corrected chi connectivity index (χ0v) is 11.3. The molecule has 1 rings (SSSR count). The summed E-state index contributed by atoms with van der Waals surface area (Å²) in [6.45, 7) is 5.71. The van der Waals surface area contributed by atoms with Gasteiger partial charge < -0.3 is 14.3 Å². The maximum atomic E-state index is 10.5. The number of aromatic nitrogens is 2. The first-order chi connectivity index (χ1) is 8.32. The van der Waals surface area contributed by atoms with E-state index in [2.05, 4.69) is 10.2 Å². The molecule has 1 unspecified atom stereocenters. The smallest absolute Gasteiger partial charge is 0.303 e. The van der Waals surface area contributed by atoms with Crippen LogP contribution in [-0.4, -0.2) is 34.0 Å². The summed E-state index contributed by atoms with van der Waals surface area (Å²) in [4.78, 5) is 10.5. The van der Waals surface area contributed by atoms with Gasteiger partial charge in [-0.05, 0) is 19.8 Å². The second kappa shape index (κ2) is 5.95. The molecule has 102 valence electrons. The van der Waals surface area contributed by atoms with Crippen molar-refractivity contribution < 1.29 is 19.1 Å². The second-order valence-corrected chi connectivity index (χ2v) is 5.14. The van der Waals surface area contributed by atoms with Crippen LogP contribution in [0, 0.1) is 5.92 Å². The first-order valence-electron chi connectivity index (χ1n) is 5.90. The summed E-state index contributed by atoms with van der Waals surface area (Å²) >= 11 is 0. The SMILES string of the molecule is COC(C)(C)Cc1nnc(CC(C)CC(=O)O)o1. The van der Waals surface area contributed by atoms with Crippen LogP contribution in [0.3, 0.4) is 0 Å². The predicted molar refractivity (Wildman–Crippen MR) is 64.2 cm³/mol. The van der Waals surface area contributed by atoms with Crippen molar-refractivity contribution in [1.82, 2.24) is 10.2 Å². The Morgan fingerprint density at radius 3 is 2.61 bits per heavy atom. The molecule has 0 saturated carbocycles. The summed E-state index contributed by atoms with van der Waals surface area (Å²) < 4.78 is 10.8. The molecule has 0 amide bonds. The number of nitrogens with zero attached hydrogens (tertiary/aromatic N) is 2. The van der Waals surface area contributed by atoms with Crippen LogP contribution >= 0.6 is 0 Å². The molecular weight excluding hydrogens is 236 g/mol. The first-order valence-corrected chi connectivity index (χ1v) is 5.90. The molecule has 1 aromatic rings. The Kier molecular flexibility index (Phi) is 4.84. The summed E-state index contributed by atoms with van der Waals surface area (Å²) in [5, 5.41) is 16.5. The topological polar surface area (TPSA) is 85.5 Å². The maximum Gasteiger partial charge on any atom is 0.303 e. The van der Waals surface area contributed by atoms with Crippen molar-refractivity contribution in [2.45, 2.75) is 45.6 Å². The molecule has 0 aromatic carbocycles. The predicted octanol–water partition coefficient (Wildman–Crippen LogP) is 1.69. The van der Waals surface area contributed by atoms with Crippen molar-refractivity contribution in [1.29, 1.82) is 0 Å². The zero-order valence-electron chi connectivity index (χ0n) is 11.3. The number of aliphatic carboxylic acids is 1. The van der Waals surface area contributed by atoms with Crippen LogP contribution in [0.15, 0.2) is 4.42 Å². The van der Waals surface area contributed by atoms with Crippen LogP contribution in [0.5, 0.6) is 0 Å². The van der Waals surface area contributed by atoms with Gasteiger partial charge in [0, 0.05) is 20.0 Å². The van der Waals surface area contributed by atoms with E-state index in [-0.39, 0.29) is 17.9 Å². The Labute approximate surface area is 106 Å². The van der Waals surface area contributed by atoms with Gasteiger partial charge in [-0.25, -0.2) is 0 Å². The van der Waals surface area contributed by atoms with Crippen molar-refractivity contribution in [3.63, 3.8) is 0 Å². The highest BCUT2D eigenvalue weighted by atomic mass is 16.5. The molecule has 6 nitrogen and oxygen atoms in total. The van der Waals surface area contributed by atoms with Crippen molar-refractivity contribution in [2.24, 2.45) is 5.92 Å². The molecule has 0 aliphatic carbocycles. The monoisotopic (exact) mass is 256 g/mol. The van der Waals surface area contributed by atoms with E-state index in [1.165, 1.54) is 0 Å². The molecule has 0 aliphatic heterocycles. The molecule has 6 heteroatoms. The molecule has 1 N–H and O–H groups in total. The third kappa shape index (κ3) is 4.83. The van der Waals surface area contributed by atoms with E-state index in [1.54, 1.807) is 7.11 Å². The van der Waals surface area contributed by atoms with Crippen LogP contribution < -0.4 is 0 Å². The standard InChI is InChI=1S/C12H20N2O4/c1-8(6-11(15)16)5-9-13-14-10(18-9)7-12(2,3)17-4/h8H,5-7H2,1-4H3,(H,15,16). The average Bonchev–Trinajstić information content (AvgIpc) is 2.63. The molecule has 0 aliphatic rings. The third-order valence-electron chi connectivity index (χ3n) is 2.68. The van der Waals surface area contributed by atoms with Crippen LogP contribution in [0.2, 0.25) is 0 Å². The number of hydrogen-bond donors (Lipinski definition) is 1. The zero-order chi connectivity index (χ0) is 13.8. The van der Waals surface area contributed by atoms with Gasteiger partial charge in [-0.15, -0.1) is 10.2 Å². The lowest BCUT2D eigenvalue weighted by atomic mass is 10.0. The van der Waals surface area contributed by atoms with Crippen molar-refractivity contribution in [3.05, 3.63) is 11.8 Å². The number of carbonyl (C=O) groups is 1. The van der Waals surface area contributed by atoms with Crippen LogP contribution in [0.25, 0.3) is 0 Å². The van der Waals surface area contributed by atoms with Crippen molar-refractivity contribution in [3.8, 4) is 0 Å². The lowest BCUT2D eigenvalue weighted by molar-refractivity contribution is -0.137. The number of hydrogen-bond acceptors (Lipinski definition) is 5. The largest absolute Gasteiger partial charge is 0.481 e. The van der Waals surface area contributed by atoms with E-state index in [0.29, 0.717) is 24.6 Å². The average molecular weight is 256 g/mol. The minimum Gasteiger partial charge on any atom is -0.481 e. The lowest BCUT2D eigenvalue weighted by Crippen LogP contribution is -2.25. The van der Waals surface area contributed by atoms with E-state index < -0.39 is 5.97 Å². The van der Waals surface area contributed by atoms with Gasteiger partial charge in [-0.3, -0.25) is 4.79 Å². The number of carboxylic acid groups (broad SMARTS) is 1. The van der Waals surface area contributed by atoms with Crippen LogP contribution in [0.1, 0.15) is 39.0 Å². The Bertz CT molecular complexity index is 401. The molecule has 0 spiro atoms. The van der Waals surface area contributed by atoms with E-state index in [9.17, 15) is 4.79 Å². The molecule has 1 atom stereocenters. The highest BCUT2D eigenvalue weighted by Crippen LogP contribution is 2.17. The lowest BCUT2D eigenvalue weighted by Gasteiger charge is -2.20. The second-order valence-electron chi connectivity index (χ2n) is 5.14.